The van der Waals surface area contributed by atoms with Crippen LogP contribution in [0.4, 0.5) is 0 Å². The number of hydrogen-bond donors (Lipinski definition) is 1. The highest BCUT2D eigenvalue weighted by molar-refractivity contribution is 6.31. The molecule has 1 fully saturated rings. The Kier molecular flexibility index (Phi) is 4.87. The molecule has 0 radical (unpaired) electrons. The molecule has 1 aromatic rings. The predicted molar refractivity (Wildman–Crippen MR) is 79.3 cm³/mol. The first kappa shape index (κ1) is 14.8. The van der Waals surface area contributed by atoms with E-state index < -0.39 is 0 Å². The highest BCUT2D eigenvalue weighted by atomic mass is 35.5. The third-order valence-corrected chi connectivity index (χ3v) is 4.50. The molecule has 0 aliphatic heterocycles. The summed E-state index contributed by atoms with van der Waals surface area (Å²) in [6.45, 7) is 6.61. The van der Waals surface area contributed by atoms with Crippen molar-refractivity contribution < 1.29 is 0 Å². The molecular weight excluding hydrogens is 260 g/mol. The quantitative estimate of drug-likeness (QED) is 0.836. The van der Waals surface area contributed by atoms with Gasteiger partial charge in [0, 0.05) is 25.7 Å². The summed E-state index contributed by atoms with van der Waals surface area (Å²) in [5.74, 6) is 0.775. The molecule has 1 saturated carbocycles. The zero-order valence-electron chi connectivity index (χ0n) is 12.2. The first-order valence-corrected chi connectivity index (χ1v) is 7.64. The molecule has 0 bridgehead atoms. The molecule has 1 atom stereocenters. The minimum absolute atomic E-state index is 0.473. The van der Waals surface area contributed by atoms with Gasteiger partial charge in [-0.1, -0.05) is 18.5 Å². The van der Waals surface area contributed by atoms with Gasteiger partial charge in [-0.2, -0.15) is 5.10 Å². The standard InChI is InChI=1S/C14H25ClN4/c1-4-11-14(15)13(19(5-2)17-11)9-18(3)12(8-16)10-6-7-10/h10,12H,4-9,16H2,1-3H3. The van der Waals surface area contributed by atoms with Gasteiger partial charge in [0.05, 0.1) is 16.4 Å². The Labute approximate surface area is 120 Å². The molecule has 1 heterocycles. The normalized spacial score (nSPS) is 17.2. The second-order valence-corrected chi connectivity index (χ2v) is 5.81. The smallest absolute Gasteiger partial charge is 0.0863 e. The molecule has 1 unspecified atom stereocenters. The minimum atomic E-state index is 0.473. The van der Waals surface area contributed by atoms with E-state index in [9.17, 15) is 0 Å². The lowest BCUT2D eigenvalue weighted by Gasteiger charge is -2.27. The lowest BCUT2D eigenvalue weighted by atomic mass is 10.1. The first-order chi connectivity index (χ1) is 9.12. The highest BCUT2D eigenvalue weighted by Crippen LogP contribution is 2.35. The minimum Gasteiger partial charge on any atom is -0.329 e. The molecule has 2 N–H and O–H groups in total. The first-order valence-electron chi connectivity index (χ1n) is 7.26. The number of aryl methyl sites for hydroxylation is 2. The summed E-state index contributed by atoms with van der Waals surface area (Å²) >= 11 is 6.45. The van der Waals surface area contributed by atoms with Crippen LogP contribution in [0.1, 0.15) is 38.1 Å². The number of aromatic nitrogens is 2. The molecule has 2 rings (SSSR count). The fourth-order valence-corrected chi connectivity index (χ4v) is 3.06. The van der Waals surface area contributed by atoms with Gasteiger partial charge in [-0.15, -0.1) is 0 Å². The Hall–Kier alpha value is -0.580. The summed E-state index contributed by atoms with van der Waals surface area (Å²) in [5, 5.41) is 5.41. The van der Waals surface area contributed by atoms with Crippen LogP contribution >= 0.6 is 11.6 Å². The zero-order valence-corrected chi connectivity index (χ0v) is 13.0. The number of likely N-dealkylation sites (N-methyl/N-ethyl adjacent to an activating group) is 1. The summed E-state index contributed by atoms with van der Waals surface area (Å²) in [6.07, 6.45) is 3.51. The number of nitrogens with zero attached hydrogens (tertiary/aromatic N) is 3. The molecule has 0 amide bonds. The van der Waals surface area contributed by atoms with Crippen molar-refractivity contribution in [2.45, 2.75) is 52.2 Å². The topological polar surface area (TPSA) is 47.1 Å². The average Bonchev–Trinajstić information content (AvgIpc) is 3.18. The summed E-state index contributed by atoms with van der Waals surface area (Å²) in [7, 11) is 2.14. The maximum atomic E-state index is 6.45. The maximum absolute atomic E-state index is 6.45. The molecule has 19 heavy (non-hydrogen) atoms. The van der Waals surface area contributed by atoms with E-state index in [1.165, 1.54) is 12.8 Å². The van der Waals surface area contributed by atoms with Crippen LogP contribution in [-0.4, -0.2) is 34.3 Å². The lowest BCUT2D eigenvalue weighted by molar-refractivity contribution is 0.210. The van der Waals surface area contributed by atoms with E-state index in [0.717, 1.165) is 48.4 Å². The maximum Gasteiger partial charge on any atom is 0.0863 e. The number of halogens is 1. The van der Waals surface area contributed by atoms with Gasteiger partial charge in [0.15, 0.2) is 0 Å². The lowest BCUT2D eigenvalue weighted by Crippen LogP contribution is -2.39. The van der Waals surface area contributed by atoms with E-state index in [2.05, 4.69) is 30.9 Å². The molecule has 4 nitrogen and oxygen atoms in total. The van der Waals surface area contributed by atoms with Gasteiger partial charge >= 0.3 is 0 Å². The molecule has 0 aromatic carbocycles. The fraction of sp³-hybridized carbons (Fsp3) is 0.786. The van der Waals surface area contributed by atoms with Crippen molar-refractivity contribution in [3.63, 3.8) is 0 Å². The van der Waals surface area contributed by atoms with E-state index >= 15 is 0 Å². The molecule has 1 aliphatic carbocycles. The van der Waals surface area contributed by atoms with Gasteiger partial charge in [-0.25, -0.2) is 0 Å². The van der Waals surface area contributed by atoms with Gasteiger partial charge in [0.25, 0.3) is 0 Å². The molecule has 5 heteroatoms. The van der Waals surface area contributed by atoms with Crippen LogP contribution < -0.4 is 5.73 Å². The van der Waals surface area contributed by atoms with E-state index in [1.54, 1.807) is 0 Å². The summed E-state index contributed by atoms with van der Waals surface area (Å²) in [6, 6.07) is 0.473. The Balaban J connectivity index is 2.14. The summed E-state index contributed by atoms with van der Waals surface area (Å²) in [5.41, 5.74) is 8.04. The molecule has 1 aliphatic rings. The number of nitrogens with two attached hydrogens (primary N) is 1. The summed E-state index contributed by atoms with van der Waals surface area (Å²) < 4.78 is 2.03. The Morgan fingerprint density at radius 1 is 1.47 bits per heavy atom. The molecule has 0 spiro atoms. The van der Waals surface area contributed by atoms with Crippen LogP contribution in [0.25, 0.3) is 0 Å². The van der Waals surface area contributed by atoms with E-state index in [1.807, 2.05) is 4.68 Å². The van der Waals surface area contributed by atoms with Crippen LogP contribution in [0.15, 0.2) is 0 Å². The number of hydrogen-bond acceptors (Lipinski definition) is 3. The second kappa shape index (κ2) is 6.25. The Bertz CT molecular complexity index is 425. The fourth-order valence-electron chi connectivity index (χ4n) is 2.74. The van der Waals surface area contributed by atoms with Crippen LogP contribution in [0.3, 0.4) is 0 Å². The van der Waals surface area contributed by atoms with E-state index in [0.29, 0.717) is 6.04 Å². The van der Waals surface area contributed by atoms with Crippen molar-refractivity contribution in [3.05, 3.63) is 16.4 Å². The Morgan fingerprint density at radius 2 is 2.16 bits per heavy atom. The van der Waals surface area contributed by atoms with Crippen LogP contribution in [-0.2, 0) is 19.5 Å². The molecular formula is C14H25ClN4. The monoisotopic (exact) mass is 284 g/mol. The largest absolute Gasteiger partial charge is 0.329 e. The van der Waals surface area contributed by atoms with Crippen molar-refractivity contribution in [2.75, 3.05) is 13.6 Å². The molecule has 108 valence electrons. The summed E-state index contributed by atoms with van der Waals surface area (Å²) in [4.78, 5) is 2.34. The highest BCUT2D eigenvalue weighted by Gasteiger charge is 2.33. The van der Waals surface area contributed by atoms with Gasteiger partial charge in [-0.3, -0.25) is 9.58 Å². The predicted octanol–water partition coefficient (Wildman–Crippen LogP) is 2.29. The van der Waals surface area contributed by atoms with Crippen molar-refractivity contribution >= 4 is 11.6 Å². The molecule has 1 aromatic heterocycles. The molecule has 0 saturated heterocycles. The number of rotatable bonds is 7. The van der Waals surface area contributed by atoms with Gasteiger partial charge in [0.1, 0.15) is 0 Å². The Morgan fingerprint density at radius 3 is 2.63 bits per heavy atom. The van der Waals surface area contributed by atoms with Crippen LogP contribution in [0.2, 0.25) is 5.02 Å². The van der Waals surface area contributed by atoms with Crippen molar-refractivity contribution in [2.24, 2.45) is 11.7 Å². The van der Waals surface area contributed by atoms with Crippen molar-refractivity contribution in [1.82, 2.24) is 14.7 Å². The third kappa shape index (κ3) is 3.12. The van der Waals surface area contributed by atoms with Gasteiger partial charge in [0.2, 0.25) is 0 Å². The van der Waals surface area contributed by atoms with Crippen molar-refractivity contribution in [3.8, 4) is 0 Å². The van der Waals surface area contributed by atoms with Gasteiger partial charge in [-0.05, 0) is 39.2 Å². The van der Waals surface area contributed by atoms with E-state index in [4.69, 9.17) is 17.3 Å². The van der Waals surface area contributed by atoms with E-state index in [-0.39, 0.29) is 0 Å². The third-order valence-electron chi connectivity index (χ3n) is 4.07. The van der Waals surface area contributed by atoms with Crippen molar-refractivity contribution in [1.29, 1.82) is 0 Å². The van der Waals surface area contributed by atoms with Crippen LogP contribution in [0, 0.1) is 5.92 Å². The zero-order chi connectivity index (χ0) is 14.0. The SMILES string of the molecule is CCc1nn(CC)c(CN(C)C(CN)C2CC2)c1Cl. The van der Waals surface area contributed by atoms with Gasteiger partial charge < -0.3 is 5.73 Å². The second-order valence-electron chi connectivity index (χ2n) is 5.43. The average molecular weight is 285 g/mol. The van der Waals surface area contributed by atoms with Crippen LogP contribution in [0.5, 0.6) is 0 Å².